The van der Waals surface area contributed by atoms with E-state index in [9.17, 15) is 13.2 Å². The molecule has 7 nitrogen and oxygen atoms in total. The Morgan fingerprint density at radius 1 is 1.14 bits per heavy atom. The molecule has 0 N–H and O–H groups in total. The number of nitrogens with zero attached hydrogens (tertiary/aromatic N) is 4. The fourth-order valence-corrected chi connectivity index (χ4v) is 7.25. The summed E-state index contributed by atoms with van der Waals surface area (Å²) in [6, 6.07) is 14.3. The molecule has 0 radical (unpaired) electrons. The van der Waals surface area contributed by atoms with Crippen molar-refractivity contribution in [3.63, 3.8) is 0 Å². The highest BCUT2D eigenvalue weighted by Crippen LogP contribution is 2.37. The van der Waals surface area contributed by atoms with Crippen LogP contribution in [-0.4, -0.2) is 47.0 Å². The SMILES string of the molecule is Cc1nc2cc(Cc3cccc(S(=O)(=O)CC(=O)c4cccnc4N4CC(C)CC4(C)C)n3)ccc2s1. The van der Waals surface area contributed by atoms with Gasteiger partial charge in [0.25, 0.3) is 0 Å². The molecule has 3 aromatic heterocycles. The lowest BCUT2D eigenvalue weighted by atomic mass is 9.97. The van der Waals surface area contributed by atoms with Crippen LogP contribution in [0.25, 0.3) is 10.2 Å². The molecule has 0 spiro atoms. The van der Waals surface area contributed by atoms with E-state index in [4.69, 9.17) is 0 Å². The van der Waals surface area contributed by atoms with Crippen LogP contribution in [0, 0.1) is 12.8 Å². The summed E-state index contributed by atoms with van der Waals surface area (Å²) in [5.41, 5.74) is 2.71. The van der Waals surface area contributed by atoms with E-state index < -0.39 is 21.4 Å². The summed E-state index contributed by atoms with van der Waals surface area (Å²) in [5, 5.41) is 0.909. The third kappa shape index (κ3) is 5.29. The molecule has 1 aliphatic heterocycles. The van der Waals surface area contributed by atoms with E-state index in [0.717, 1.165) is 33.8 Å². The zero-order chi connectivity index (χ0) is 26.4. The predicted molar refractivity (Wildman–Crippen MR) is 147 cm³/mol. The van der Waals surface area contributed by atoms with E-state index in [2.05, 4.69) is 40.6 Å². The molecule has 5 rings (SSSR count). The molecule has 1 atom stereocenters. The van der Waals surface area contributed by atoms with Gasteiger partial charge in [0.1, 0.15) is 11.6 Å². The van der Waals surface area contributed by atoms with E-state index in [0.29, 0.717) is 29.4 Å². The molecule has 37 heavy (non-hydrogen) atoms. The number of ketones is 1. The van der Waals surface area contributed by atoms with Crippen LogP contribution in [0.4, 0.5) is 5.82 Å². The summed E-state index contributed by atoms with van der Waals surface area (Å²) in [7, 11) is -3.95. The van der Waals surface area contributed by atoms with Gasteiger partial charge in [0.05, 0.1) is 20.8 Å². The van der Waals surface area contributed by atoms with Gasteiger partial charge < -0.3 is 4.90 Å². The van der Waals surface area contributed by atoms with Crippen LogP contribution in [0.3, 0.4) is 0 Å². The van der Waals surface area contributed by atoms with Gasteiger partial charge in [-0.3, -0.25) is 4.79 Å². The summed E-state index contributed by atoms with van der Waals surface area (Å²) in [6.45, 7) is 9.17. The minimum Gasteiger partial charge on any atom is -0.351 e. The van der Waals surface area contributed by atoms with Crippen molar-refractivity contribution in [2.75, 3.05) is 17.2 Å². The minimum absolute atomic E-state index is 0.0931. The molecule has 1 aliphatic rings. The van der Waals surface area contributed by atoms with Crippen molar-refractivity contribution in [3.8, 4) is 0 Å². The molecule has 192 valence electrons. The fraction of sp³-hybridized carbons (Fsp3) is 0.357. The maximum Gasteiger partial charge on any atom is 0.203 e. The molecule has 0 bridgehead atoms. The molecule has 0 saturated carbocycles. The first-order valence-corrected chi connectivity index (χ1v) is 14.8. The monoisotopic (exact) mass is 534 g/mol. The lowest BCUT2D eigenvalue weighted by Gasteiger charge is -2.33. The number of hydrogen-bond donors (Lipinski definition) is 0. The Balaban J connectivity index is 1.37. The van der Waals surface area contributed by atoms with Crippen molar-refractivity contribution >= 4 is 43.0 Å². The molecule has 4 heterocycles. The van der Waals surface area contributed by atoms with Gasteiger partial charge in [0, 0.05) is 30.4 Å². The van der Waals surface area contributed by atoms with E-state index in [1.807, 2.05) is 25.1 Å². The van der Waals surface area contributed by atoms with Crippen molar-refractivity contribution in [3.05, 3.63) is 76.6 Å². The zero-order valence-electron chi connectivity index (χ0n) is 21.4. The van der Waals surface area contributed by atoms with Crippen molar-refractivity contribution in [1.29, 1.82) is 0 Å². The average molecular weight is 535 g/mol. The Morgan fingerprint density at radius 3 is 2.70 bits per heavy atom. The number of fused-ring (bicyclic) bond motifs is 1. The highest BCUT2D eigenvalue weighted by Gasteiger charge is 2.39. The average Bonchev–Trinajstić information content (AvgIpc) is 3.34. The van der Waals surface area contributed by atoms with Crippen molar-refractivity contribution in [1.82, 2.24) is 15.0 Å². The second-order valence-corrected chi connectivity index (χ2v) is 13.6. The highest BCUT2D eigenvalue weighted by atomic mass is 32.2. The van der Waals surface area contributed by atoms with Crippen LogP contribution < -0.4 is 4.90 Å². The number of hydrogen-bond acceptors (Lipinski definition) is 8. The van der Waals surface area contributed by atoms with Crippen molar-refractivity contribution in [2.24, 2.45) is 5.92 Å². The molecule has 9 heteroatoms. The molecule has 1 aromatic carbocycles. The Bertz CT molecular complexity index is 1590. The van der Waals surface area contributed by atoms with Gasteiger partial charge in [0.15, 0.2) is 10.8 Å². The Labute approximate surface area is 221 Å². The standard InChI is InChI=1S/C28H30N4O3S2/c1-18-15-28(3,4)32(16-18)27-22(8-6-12-29-27)24(33)17-37(34,35)26-9-5-7-21(31-26)13-20-10-11-25-23(14-20)30-19(2)36-25/h5-12,14,18H,13,15-17H2,1-4H3. The van der Waals surface area contributed by atoms with E-state index in [1.165, 1.54) is 6.07 Å². The number of anilines is 1. The molecule has 1 fully saturated rings. The van der Waals surface area contributed by atoms with Crippen LogP contribution >= 0.6 is 11.3 Å². The van der Waals surface area contributed by atoms with Gasteiger partial charge in [-0.2, -0.15) is 0 Å². The summed E-state index contributed by atoms with van der Waals surface area (Å²) in [4.78, 5) is 28.9. The minimum atomic E-state index is -3.95. The Morgan fingerprint density at radius 2 is 1.95 bits per heavy atom. The lowest BCUT2D eigenvalue weighted by Crippen LogP contribution is -2.39. The summed E-state index contributed by atoms with van der Waals surface area (Å²) in [6.07, 6.45) is 3.09. The number of thiazole rings is 1. The number of sulfone groups is 1. The number of benzene rings is 1. The van der Waals surface area contributed by atoms with E-state index in [-0.39, 0.29) is 10.6 Å². The second kappa shape index (κ2) is 9.61. The number of rotatable bonds is 7. The van der Waals surface area contributed by atoms with Gasteiger partial charge >= 0.3 is 0 Å². The molecule has 0 amide bonds. The maximum atomic E-state index is 13.3. The van der Waals surface area contributed by atoms with Gasteiger partial charge in [-0.05, 0) is 75.1 Å². The lowest BCUT2D eigenvalue weighted by molar-refractivity contribution is 0.102. The smallest absolute Gasteiger partial charge is 0.203 e. The maximum absolute atomic E-state index is 13.3. The van der Waals surface area contributed by atoms with Gasteiger partial charge in [0.2, 0.25) is 9.84 Å². The summed E-state index contributed by atoms with van der Waals surface area (Å²) in [5.74, 6) is -0.131. The number of Topliss-reactive ketones (excluding diaryl/α,β-unsaturated/α-hetero) is 1. The summed E-state index contributed by atoms with van der Waals surface area (Å²) < 4.78 is 27.7. The second-order valence-electron chi connectivity index (χ2n) is 10.5. The third-order valence-corrected chi connectivity index (χ3v) is 9.24. The topological polar surface area (TPSA) is 93.1 Å². The van der Waals surface area contributed by atoms with Crippen LogP contribution in [0.2, 0.25) is 0 Å². The van der Waals surface area contributed by atoms with Gasteiger partial charge in [-0.15, -0.1) is 11.3 Å². The Kier molecular flexibility index (Phi) is 6.62. The predicted octanol–water partition coefficient (Wildman–Crippen LogP) is 5.27. The number of aryl methyl sites for hydroxylation is 1. The largest absolute Gasteiger partial charge is 0.351 e. The van der Waals surface area contributed by atoms with Crippen LogP contribution in [0.15, 0.2) is 59.8 Å². The highest BCUT2D eigenvalue weighted by molar-refractivity contribution is 7.92. The zero-order valence-corrected chi connectivity index (χ0v) is 23.1. The van der Waals surface area contributed by atoms with Crippen LogP contribution in [0.5, 0.6) is 0 Å². The normalized spacial score (nSPS) is 17.4. The van der Waals surface area contributed by atoms with Crippen molar-refractivity contribution in [2.45, 2.75) is 51.1 Å². The van der Waals surface area contributed by atoms with Gasteiger partial charge in [-0.25, -0.2) is 23.4 Å². The number of carbonyl (C=O) groups is 1. The fourth-order valence-electron chi connectivity index (χ4n) is 5.25. The molecule has 4 aromatic rings. The third-order valence-electron chi connectivity index (χ3n) is 6.78. The number of carbonyl (C=O) groups excluding carboxylic acids is 1. The number of pyridine rings is 2. The quantitative estimate of drug-likeness (QED) is 0.298. The van der Waals surface area contributed by atoms with E-state index in [1.54, 1.807) is 41.8 Å². The van der Waals surface area contributed by atoms with Crippen LogP contribution in [0.1, 0.15) is 53.8 Å². The molecule has 0 aliphatic carbocycles. The van der Waals surface area contributed by atoms with Gasteiger partial charge in [-0.1, -0.05) is 19.1 Å². The first-order valence-electron chi connectivity index (χ1n) is 12.3. The number of aromatic nitrogens is 3. The van der Waals surface area contributed by atoms with Crippen molar-refractivity contribution < 1.29 is 13.2 Å². The molecular weight excluding hydrogens is 504 g/mol. The molecule has 1 unspecified atom stereocenters. The first kappa shape index (κ1) is 25.5. The summed E-state index contributed by atoms with van der Waals surface area (Å²) >= 11 is 1.64. The Hall–Kier alpha value is -3.17. The molecular formula is C28H30N4O3S2. The van der Waals surface area contributed by atoms with Crippen LogP contribution in [-0.2, 0) is 16.3 Å². The van der Waals surface area contributed by atoms with E-state index >= 15 is 0 Å². The first-order chi connectivity index (χ1) is 17.5. The molecule has 1 saturated heterocycles.